The van der Waals surface area contributed by atoms with Gasteiger partial charge in [0.2, 0.25) is 0 Å². The third kappa shape index (κ3) is 3.06. The zero-order chi connectivity index (χ0) is 19.0. The molecule has 6 heteroatoms. The third-order valence-electron chi connectivity index (χ3n) is 4.44. The molecule has 0 aliphatic rings. The number of hydrogen-bond acceptors (Lipinski definition) is 4. The molecule has 4 aromatic rings. The molecule has 1 N–H and O–H groups in total. The fourth-order valence-electron chi connectivity index (χ4n) is 3.08. The molecule has 2 aromatic carbocycles. The van der Waals surface area contributed by atoms with E-state index < -0.39 is 0 Å². The lowest BCUT2D eigenvalue weighted by Gasteiger charge is -2.10. The van der Waals surface area contributed by atoms with Crippen LogP contribution < -0.4 is 5.32 Å². The molecule has 0 radical (unpaired) electrons. The number of carbonyl (C=O) groups excluding carboxylic acids is 1. The van der Waals surface area contributed by atoms with Crippen molar-refractivity contribution in [1.29, 1.82) is 0 Å². The number of anilines is 1. The van der Waals surface area contributed by atoms with Crippen LogP contribution in [-0.4, -0.2) is 16.0 Å². The second-order valence-corrected chi connectivity index (χ2v) is 6.63. The maximum atomic E-state index is 13.1. The van der Waals surface area contributed by atoms with Gasteiger partial charge in [0.1, 0.15) is 17.0 Å². The Labute approximate surface area is 161 Å². The molecule has 4 rings (SSSR count). The van der Waals surface area contributed by atoms with Gasteiger partial charge in [0.25, 0.3) is 5.91 Å². The Kier molecular flexibility index (Phi) is 4.38. The highest BCUT2D eigenvalue weighted by atomic mass is 35.5. The zero-order valence-electron chi connectivity index (χ0n) is 14.8. The Morgan fingerprint density at radius 3 is 2.70 bits per heavy atom. The minimum Gasteiger partial charge on any atom is -0.360 e. The number of carbonyl (C=O) groups is 1. The molecule has 0 saturated carbocycles. The third-order valence-corrected chi connectivity index (χ3v) is 4.77. The van der Waals surface area contributed by atoms with Crippen LogP contribution in [0, 0.1) is 13.8 Å². The SMILES string of the molecule is Cc1onc(-c2ccccc2Cl)c1C(=O)Nc1ccc(C)c2ncccc12. The van der Waals surface area contributed by atoms with Gasteiger partial charge in [0.15, 0.2) is 0 Å². The molecule has 0 unspecified atom stereocenters. The molecule has 0 saturated heterocycles. The summed E-state index contributed by atoms with van der Waals surface area (Å²) in [7, 11) is 0. The molecule has 27 heavy (non-hydrogen) atoms. The van der Waals surface area contributed by atoms with E-state index in [-0.39, 0.29) is 5.91 Å². The van der Waals surface area contributed by atoms with Crippen molar-refractivity contribution in [3.05, 3.63) is 76.6 Å². The van der Waals surface area contributed by atoms with Crippen molar-refractivity contribution < 1.29 is 9.32 Å². The van der Waals surface area contributed by atoms with Crippen LogP contribution in [0.4, 0.5) is 5.69 Å². The Morgan fingerprint density at radius 2 is 1.89 bits per heavy atom. The molecular weight excluding hydrogens is 362 g/mol. The van der Waals surface area contributed by atoms with Gasteiger partial charge < -0.3 is 9.84 Å². The van der Waals surface area contributed by atoms with Crippen LogP contribution in [0.25, 0.3) is 22.2 Å². The fraction of sp³-hybridized carbons (Fsp3) is 0.0952. The number of nitrogens with one attached hydrogen (secondary N) is 1. The van der Waals surface area contributed by atoms with E-state index >= 15 is 0 Å². The second-order valence-electron chi connectivity index (χ2n) is 6.23. The van der Waals surface area contributed by atoms with Gasteiger partial charge in [-0.3, -0.25) is 9.78 Å². The van der Waals surface area contributed by atoms with Crippen molar-refractivity contribution in [2.45, 2.75) is 13.8 Å². The number of fused-ring (bicyclic) bond motifs is 1. The molecule has 0 aliphatic carbocycles. The predicted octanol–water partition coefficient (Wildman–Crippen LogP) is 5.41. The molecule has 0 atom stereocenters. The van der Waals surface area contributed by atoms with Gasteiger partial charge in [0.05, 0.1) is 16.2 Å². The number of rotatable bonds is 3. The van der Waals surface area contributed by atoms with Crippen LogP contribution >= 0.6 is 11.6 Å². The zero-order valence-corrected chi connectivity index (χ0v) is 15.5. The number of nitrogens with zero attached hydrogens (tertiary/aromatic N) is 2. The molecule has 1 amide bonds. The van der Waals surface area contributed by atoms with Crippen LogP contribution in [-0.2, 0) is 0 Å². The van der Waals surface area contributed by atoms with Gasteiger partial charge in [-0.25, -0.2) is 0 Å². The van der Waals surface area contributed by atoms with Crippen LogP contribution in [0.2, 0.25) is 5.02 Å². The van der Waals surface area contributed by atoms with Crippen molar-refractivity contribution in [2.24, 2.45) is 0 Å². The van der Waals surface area contributed by atoms with Gasteiger partial charge in [-0.15, -0.1) is 0 Å². The first-order valence-corrected chi connectivity index (χ1v) is 8.81. The van der Waals surface area contributed by atoms with Crippen molar-refractivity contribution >= 4 is 34.1 Å². The van der Waals surface area contributed by atoms with Crippen molar-refractivity contribution in [3.8, 4) is 11.3 Å². The highest BCUT2D eigenvalue weighted by molar-refractivity contribution is 6.33. The number of benzene rings is 2. The largest absolute Gasteiger partial charge is 0.360 e. The highest BCUT2D eigenvalue weighted by Gasteiger charge is 2.23. The predicted molar refractivity (Wildman–Crippen MR) is 106 cm³/mol. The van der Waals surface area contributed by atoms with Gasteiger partial charge in [-0.05, 0) is 43.7 Å². The first-order valence-electron chi connectivity index (χ1n) is 8.43. The summed E-state index contributed by atoms with van der Waals surface area (Å²) in [5.41, 5.74) is 4.01. The number of halogens is 1. The van der Waals surface area contributed by atoms with Crippen molar-refractivity contribution in [1.82, 2.24) is 10.1 Å². The summed E-state index contributed by atoms with van der Waals surface area (Å²) in [4.78, 5) is 17.5. The minimum absolute atomic E-state index is 0.308. The summed E-state index contributed by atoms with van der Waals surface area (Å²) in [6, 6.07) is 14.8. The standard InChI is InChI=1S/C21H16ClN3O2/c1-12-9-10-17(15-7-5-11-23-19(12)15)24-21(26)18-13(2)27-25-20(18)14-6-3-4-8-16(14)22/h3-11H,1-2H3,(H,24,26). The van der Waals surface area contributed by atoms with E-state index in [9.17, 15) is 4.79 Å². The van der Waals surface area contributed by atoms with Crippen molar-refractivity contribution in [2.75, 3.05) is 5.32 Å². The topological polar surface area (TPSA) is 68.0 Å². The van der Waals surface area contributed by atoms with Crippen LogP contribution in [0.15, 0.2) is 59.3 Å². The van der Waals surface area contributed by atoms with Gasteiger partial charge in [0, 0.05) is 17.1 Å². The van der Waals surface area contributed by atoms with Gasteiger partial charge in [-0.1, -0.05) is 41.0 Å². The lowest BCUT2D eigenvalue weighted by molar-refractivity contribution is 0.102. The van der Waals surface area contributed by atoms with E-state index in [1.165, 1.54) is 0 Å². The molecule has 5 nitrogen and oxygen atoms in total. The Morgan fingerprint density at radius 1 is 1.07 bits per heavy atom. The number of aryl methyl sites for hydroxylation is 2. The number of aromatic nitrogens is 2. The normalized spacial score (nSPS) is 10.9. The lowest BCUT2D eigenvalue weighted by Crippen LogP contribution is -2.14. The molecule has 0 spiro atoms. The number of amides is 1. The average Bonchev–Trinajstić information content (AvgIpc) is 3.06. The Bertz CT molecular complexity index is 1170. The summed E-state index contributed by atoms with van der Waals surface area (Å²) < 4.78 is 5.29. The van der Waals surface area contributed by atoms with Crippen LogP contribution in [0.3, 0.4) is 0 Å². The van der Waals surface area contributed by atoms with E-state index in [2.05, 4.69) is 15.5 Å². The van der Waals surface area contributed by atoms with Gasteiger partial charge in [-0.2, -0.15) is 0 Å². The molecular formula is C21H16ClN3O2. The van der Waals surface area contributed by atoms with E-state index in [0.29, 0.717) is 33.3 Å². The lowest BCUT2D eigenvalue weighted by atomic mass is 10.0. The van der Waals surface area contributed by atoms with Gasteiger partial charge >= 0.3 is 0 Å². The number of hydrogen-bond donors (Lipinski definition) is 1. The first-order chi connectivity index (χ1) is 13.1. The average molecular weight is 378 g/mol. The summed E-state index contributed by atoms with van der Waals surface area (Å²) in [6.45, 7) is 3.69. The van der Waals surface area contributed by atoms with Crippen molar-refractivity contribution in [3.63, 3.8) is 0 Å². The highest BCUT2D eigenvalue weighted by Crippen LogP contribution is 2.32. The summed E-state index contributed by atoms with van der Waals surface area (Å²) in [6.07, 6.45) is 1.74. The van der Waals surface area contributed by atoms with Crippen LogP contribution in [0.5, 0.6) is 0 Å². The Hall–Kier alpha value is -3.18. The molecule has 0 bridgehead atoms. The number of pyridine rings is 1. The molecule has 134 valence electrons. The quantitative estimate of drug-likeness (QED) is 0.518. The fourth-order valence-corrected chi connectivity index (χ4v) is 3.31. The van der Waals surface area contributed by atoms with E-state index in [0.717, 1.165) is 16.5 Å². The minimum atomic E-state index is -0.308. The Balaban J connectivity index is 1.77. The van der Waals surface area contributed by atoms with E-state index in [1.54, 1.807) is 19.2 Å². The summed E-state index contributed by atoms with van der Waals surface area (Å²) in [5, 5.41) is 8.40. The van der Waals surface area contributed by atoms with E-state index in [4.69, 9.17) is 16.1 Å². The maximum absolute atomic E-state index is 13.1. The van der Waals surface area contributed by atoms with Crippen LogP contribution in [0.1, 0.15) is 21.7 Å². The smallest absolute Gasteiger partial charge is 0.261 e. The summed E-state index contributed by atoms with van der Waals surface area (Å²) in [5.74, 6) is 0.120. The van der Waals surface area contributed by atoms with E-state index in [1.807, 2.05) is 49.4 Å². The second kappa shape index (κ2) is 6.85. The molecule has 0 fully saturated rings. The molecule has 2 heterocycles. The molecule has 0 aliphatic heterocycles. The maximum Gasteiger partial charge on any atom is 0.261 e. The molecule has 2 aromatic heterocycles. The monoisotopic (exact) mass is 377 g/mol. The first kappa shape index (κ1) is 17.2. The summed E-state index contributed by atoms with van der Waals surface area (Å²) >= 11 is 6.28.